The van der Waals surface area contributed by atoms with E-state index in [1.165, 1.54) is 11.8 Å². The summed E-state index contributed by atoms with van der Waals surface area (Å²) in [6.45, 7) is 11.8. The lowest BCUT2D eigenvalue weighted by molar-refractivity contribution is -0.132. The number of carbonyl (C=O) groups excluding carboxylic acids is 1. The molecule has 152 valence electrons. The molecule has 2 heterocycles. The zero-order chi connectivity index (χ0) is 19.6. The number of piperidine rings is 1. The van der Waals surface area contributed by atoms with Crippen LogP contribution in [0.1, 0.15) is 66.7 Å². The number of amides is 1. The molecule has 1 amide bonds. The smallest absolute Gasteiger partial charge is 0.232 e. The van der Waals surface area contributed by atoms with Gasteiger partial charge in [-0.1, -0.05) is 13.3 Å². The lowest BCUT2D eigenvalue weighted by Crippen LogP contribution is -2.63. The summed E-state index contributed by atoms with van der Waals surface area (Å²) >= 11 is 1.53. The van der Waals surface area contributed by atoms with Crippen molar-refractivity contribution in [3.05, 3.63) is 0 Å². The van der Waals surface area contributed by atoms with Crippen molar-refractivity contribution >= 4 is 27.5 Å². The van der Waals surface area contributed by atoms with E-state index in [4.69, 9.17) is 0 Å². The van der Waals surface area contributed by atoms with Crippen molar-refractivity contribution in [1.29, 1.82) is 0 Å². The monoisotopic (exact) mass is 404 g/mol. The minimum atomic E-state index is -2.88. The topological polar surface area (TPSA) is 66.5 Å². The summed E-state index contributed by atoms with van der Waals surface area (Å²) in [6, 6.07) is 0.244. The number of hydrogen-bond acceptors (Lipinski definition) is 5. The summed E-state index contributed by atoms with van der Waals surface area (Å²) in [5.74, 6) is 1.07. The number of carbonyl (C=O) groups is 1. The lowest BCUT2D eigenvalue weighted by Gasteiger charge is -2.49. The Kier molecular flexibility index (Phi) is 7.11. The van der Waals surface area contributed by atoms with Crippen molar-refractivity contribution in [2.75, 3.05) is 23.8 Å². The van der Waals surface area contributed by atoms with Gasteiger partial charge in [0.1, 0.15) is 0 Å². The first kappa shape index (κ1) is 22.0. The van der Waals surface area contributed by atoms with Gasteiger partial charge in [0.2, 0.25) is 5.91 Å². The van der Waals surface area contributed by atoms with Gasteiger partial charge >= 0.3 is 0 Å². The van der Waals surface area contributed by atoms with E-state index in [-0.39, 0.29) is 39.8 Å². The molecule has 5 nitrogen and oxygen atoms in total. The molecule has 1 N–H and O–H groups in total. The Hall–Kier alpha value is -0.270. The summed E-state index contributed by atoms with van der Waals surface area (Å²) in [6.07, 6.45) is 4.67. The molecular formula is C19H36N2O3S2. The van der Waals surface area contributed by atoms with E-state index in [1.54, 1.807) is 0 Å². The molecule has 1 atom stereocenters. The van der Waals surface area contributed by atoms with Crippen LogP contribution < -0.4 is 5.32 Å². The number of unbranched alkanes of at least 4 members (excludes halogenated alkanes) is 1. The Balaban J connectivity index is 2.02. The Morgan fingerprint density at radius 1 is 1.19 bits per heavy atom. The van der Waals surface area contributed by atoms with Crippen molar-refractivity contribution < 1.29 is 13.2 Å². The number of sulfone groups is 1. The molecular weight excluding hydrogens is 368 g/mol. The zero-order valence-electron chi connectivity index (χ0n) is 17.0. The summed E-state index contributed by atoms with van der Waals surface area (Å²) in [5.41, 5.74) is 0.00761. The minimum absolute atomic E-state index is 0.00380. The molecule has 0 aromatic rings. The SMILES string of the molecule is CCCCN(C(=O)CSC1CCS(=O)(=O)C1)C1CC(C)(C)NC(C)(C)C1. The maximum Gasteiger partial charge on any atom is 0.232 e. The third-order valence-electron chi connectivity index (χ3n) is 5.32. The highest BCUT2D eigenvalue weighted by Crippen LogP contribution is 2.32. The molecule has 2 aliphatic rings. The molecule has 0 saturated carbocycles. The molecule has 2 fully saturated rings. The third-order valence-corrected chi connectivity index (χ3v) is 8.58. The first-order valence-electron chi connectivity index (χ1n) is 9.84. The van der Waals surface area contributed by atoms with Gasteiger partial charge in [0.15, 0.2) is 9.84 Å². The zero-order valence-corrected chi connectivity index (χ0v) is 18.6. The van der Waals surface area contributed by atoms with E-state index in [2.05, 4.69) is 44.8 Å². The highest BCUT2D eigenvalue weighted by Gasteiger charge is 2.41. The van der Waals surface area contributed by atoms with Crippen molar-refractivity contribution in [3.8, 4) is 0 Å². The van der Waals surface area contributed by atoms with Crippen LogP contribution in [0.5, 0.6) is 0 Å². The molecule has 0 aromatic carbocycles. The van der Waals surface area contributed by atoms with Gasteiger partial charge in [0.05, 0.1) is 17.3 Å². The molecule has 1 unspecified atom stereocenters. The highest BCUT2D eigenvalue weighted by atomic mass is 32.2. The Bertz CT molecular complexity index is 586. The fraction of sp³-hybridized carbons (Fsp3) is 0.947. The van der Waals surface area contributed by atoms with Crippen LogP contribution in [0.25, 0.3) is 0 Å². The minimum Gasteiger partial charge on any atom is -0.339 e. The second-order valence-electron chi connectivity index (χ2n) is 9.23. The molecule has 26 heavy (non-hydrogen) atoms. The van der Waals surface area contributed by atoms with Crippen molar-refractivity contribution in [1.82, 2.24) is 10.2 Å². The van der Waals surface area contributed by atoms with E-state index >= 15 is 0 Å². The summed E-state index contributed by atoms with van der Waals surface area (Å²) in [4.78, 5) is 15.1. The standard InChI is InChI=1S/C19H36N2O3S2/c1-6-7-9-21(15-11-18(2,3)20-19(4,5)12-15)17(22)13-25-16-8-10-26(23,24)14-16/h15-16,20H,6-14H2,1-5H3. The molecule has 7 heteroatoms. The highest BCUT2D eigenvalue weighted by molar-refractivity contribution is 8.02. The maximum absolute atomic E-state index is 13.0. The molecule has 0 radical (unpaired) electrons. The van der Waals surface area contributed by atoms with E-state index < -0.39 is 9.84 Å². The first-order chi connectivity index (χ1) is 11.9. The van der Waals surface area contributed by atoms with Gasteiger partial charge in [-0.05, 0) is 53.4 Å². The second kappa shape index (κ2) is 8.39. The van der Waals surface area contributed by atoms with Crippen LogP contribution in [0.15, 0.2) is 0 Å². The van der Waals surface area contributed by atoms with Gasteiger partial charge in [-0.3, -0.25) is 4.79 Å². The van der Waals surface area contributed by atoms with Crippen LogP contribution in [0.4, 0.5) is 0 Å². The predicted octanol–water partition coefficient (Wildman–Crippen LogP) is 2.84. The van der Waals surface area contributed by atoms with Gasteiger partial charge in [-0.2, -0.15) is 0 Å². The number of nitrogens with one attached hydrogen (secondary N) is 1. The van der Waals surface area contributed by atoms with Crippen LogP contribution >= 0.6 is 11.8 Å². The van der Waals surface area contributed by atoms with Crippen LogP contribution in [-0.2, 0) is 14.6 Å². The van der Waals surface area contributed by atoms with Crippen molar-refractivity contribution in [2.45, 2.75) is 89.1 Å². The maximum atomic E-state index is 13.0. The van der Waals surface area contributed by atoms with Crippen LogP contribution in [0, 0.1) is 0 Å². The number of rotatable bonds is 7. The van der Waals surface area contributed by atoms with E-state index in [9.17, 15) is 13.2 Å². The fourth-order valence-electron chi connectivity index (χ4n) is 4.49. The summed E-state index contributed by atoms with van der Waals surface area (Å²) in [7, 11) is -2.88. The van der Waals surface area contributed by atoms with E-state index in [1.807, 2.05) is 0 Å². The molecule has 0 aliphatic carbocycles. The quantitative estimate of drug-likeness (QED) is 0.707. The van der Waals surface area contributed by atoms with Gasteiger partial charge < -0.3 is 10.2 Å². The molecule has 0 spiro atoms. The molecule has 0 aromatic heterocycles. The van der Waals surface area contributed by atoms with Crippen LogP contribution in [0.2, 0.25) is 0 Å². The number of thioether (sulfide) groups is 1. The molecule has 0 bridgehead atoms. The Morgan fingerprint density at radius 2 is 1.81 bits per heavy atom. The third kappa shape index (κ3) is 6.41. The number of hydrogen-bond donors (Lipinski definition) is 1. The molecule has 2 saturated heterocycles. The van der Waals surface area contributed by atoms with Crippen LogP contribution in [0.3, 0.4) is 0 Å². The second-order valence-corrected chi connectivity index (χ2v) is 12.7. The molecule has 2 aliphatic heterocycles. The van der Waals surface area contributed by atoms with Crippen molar-refractivity contribution in [3.63, 3.8) is 0 Å². The number of nitrogens with zero attached hydrogens (tertiary/aromatic N) is 1. The Labute approximate surface area is 164 Å². The van der Waals surface area contributed by atoms with Gasteiger partial charge in [-0.25, -0.2) is 8.42 Å². The first-order valence-corrected chi connectivity index (χ1v) is 12.7. The van der Waals surface area contributed by atoms with Crippen LogP contribution in [-0.4, -0.2) is 65.4 Å². The van der Waals surface area contributed by atoms with Crippen molar-refractivity contribution in [2.24, 2.45) is 0 Å². The average Bonchev–Trinajstić information content (AvgIpc) is 2.81. The lowest BCUT2D eigenvalue weighted by atomic mass is 9.79. The average molecular weight is 405 g/mol. The normalized spacial score (nSPS) is 27.3. The van der Waals surface area contributed by atoms with Gasteiger partial charge in [0.25, 0.3) is 0 Å². The van der Waals surface area contributed by atoms with E-state index in [0.29, 0.717) is 12.2 Å². The van der Waals surface area contributed by atoms with Gasteiger partial charge in [0, 0.05) is 28.9 Å². The van der Waals surface area contributed by atoms with Gasteiger partial charge in [-0.15, -0.1) is 11.8 Å². The fourth-order valence-corrected chi connectivity index (χ4v) is 8.02. The summed E-state index contributed by atoms with van der Waals surface area (Å²) in [5, 5.41) is 3.77. The Morgan fingerprint density at radius 3 is 2.31 bits per heavy atom. The largest absolute Gasteiger partial charge is 0.339 e. The molecule has 2 rings (SSSR count). The summed E-state index contributed by atoms with van der Waals surface area (Å²) < 4.78 is 23.3. The predicted molar refractivity (Wildman–Crippen MR) is 110 cm³/mol. The van der Waals surface area contributed by atoms with E-state index in [0.717, 1.165) is 32.2 Å².